The molecule has 0 saturated carbocycles. The highest BCUT2D eigenvalue weighted by Crippen LogP contribution is 2.24. The Bertz CT molecular complexity index is 458. The molecular formula is C16H23Br2NO. The number of amides is 1. The number of carbonyl (C=O) groups is 1. The van der Waals surface area contributed by atoms with Crippen LogP contribution in [-0.2, 0) is 0 Å². The van der Waals surface area contributed by atoms with Gasteiger partial charge in [-0.2, -0.15) is 0 Å². The zero-order valence-corrected chi connectivity index (χ0v) is 15.6. The SMILES string of the molecule is CCCCCC(C)(C)CNC(=O)c1cc(Br)ccc1Br. The molecule has 1 aromatic rings. The molecular weight excluding hydrogens is 382 g/mol. The number of halogens is 2. The number of hydrogen-bond donors (Lipinski definition) is 1. The fourth-order valence-corrected chi connectivity index (χ4v) is 2.82. The first-order valence-electron chi connectivity index (χ1n) is 7.09. The molecule has 1 N–H and O–H groups in total. The van der Waals surface area contributed by atoms with Crippen LogP contribution in [0.3, 0.4) is 0 Å². The molecule has 0 fully saturated rings. The maximum absolute atomic E-state index is 12.2. The molecule has 1 aromatic carbocycles. The van der Waals surface area contributed by atoms with Gasteiger partial charge in [-0.25, -0.2) is 0 Å². The van der Waals surface area contributed by atoms with Crippen LogP contribution >= 0.6 is 31.9 Å². The summed E-state index contributed by atoms with van der Waals surface area (Å²) in [6, 6.07) is 5.63. The van der Waals surface area contributed by atoms with Gasteiger partial charge >= 0.3 is 0 Å². The standard InChI is InChI=1S/C16H23Br2NO/c1-4-5-6-9-16(2,3)11-19-15(20)13-10-12(17)7-8-14(13)18/h7-8,10H,4-6,9,11H2,1-3H3,(H,19,20). The third kappa shape index (κ3) is 5.96. The molecule has 0 bridgehead atoms. The lowest BCUT2D eigenvalue weighted by Gasteiger charge is -2.25. The van der Waals surface area contributed by atoms with Crippen molar-refractivity contribution in [2.75, 3.05) is 6.54 Å². The predicted molar refractivity (Wildman–Crippen MR) is 92.1 cm³/mol. The van der Waals surface area contributed by atoms with E-state index in [0.29, 0.717) is 12.1 Å². The Morgan fingerprint density at radius 1 is 1.25 bits per heavy atom. The normalized spacial score (nSPS) is 11.4. The monoisotopic (exact) mass is 403 g/mol. The van der Waals surface area contributed by atoms with Gasteiger partial charge in [-0.05, 0) is 46.0 Å². The summed E-state index contributed by atoms with van der Waals surface area (Å²) in [5.41, 5.74) is 0.812. The number of unbranched alkanes of at least 4 members (excludes halogenated alkanes) is 2. The first kappa shape index (κ1) is 17.7. The van der Waals surface area contributed by atoms with E-state index in [1.54, 1.807) is 0 Å². The van der Waals surface area contributed by atoms with Gasteiger partial charge < -0.3 is 5.32 Å². The van der Waals surface area contributed by atoms with Gasteiger partial charge in [-0.1, -0.05) is 56.0 Å². The Balaban J connectivity index is 2.56. The quantitative estimate of drug-likeness (QED) is 0.593. The second kappa shape index (κ2) is 8.18. The lowest BCUT2D eigenvalue weighted by atomic mass is 9.87. The Morgan fingerprint density at radius 2 is 1.95 bits per heavy atom. The molecule has 20 heavy (non-hydrogen) atoms. The van der Waals surface area contributed by atoms with Crippen LogP contribution < -0.4 is 5.32 Å². The van der Waals surface area contributed by atoms with Crippen molar-refractivity contribution in [2.45, 2.75) is 46.5 Å². The zero-order valence-electron chi connectivity index (χ0n) is 12.4. The van der Waals surface area contributed by atoms with E-state index in [4.69, 9.17) is 0 Å². The maximum Gasteiger partial charge on any atom is 0.252 e. The Hall–Kier alpha value is -0.350. The van der Waals surface area contributed by atoms with Crippen LogP contribution in [0.4, 0.5) is 0 Å². The fraction of sp³-hybridized carbons (Fsp3) is 0.562. The van der Waals surface area contributed by atoms with Crippen molar-refractivity contribution in [3.63, 3.8) is 0 Å². The number of nitrogens with one attached hydrogen (secondary N) is 1. The fourth-order valence-electron chi connectivity index (χ4n) is 2.03. The molecule has 0 heterocycles. The van der Waals surface area contributed by atoms with Gasteiger partial charge in [0.25, 0.3) is 5.91 Å². The highest BCUT2D eigenvalue weighted by molar-refractivity contribution is 9.11. The molecule has 0 aromatic heterocycles. The van der Waals surface area contributed by atoms with Gasteiger partial charge in [-0.3, -0.25) is 4.79 Å². The van der Waals surface area contributed by atoms with Crippen LogP contribution in [0.2, 0.25) is 0 Å². The Kier molecular flexibility index (Phi) is 7.24. The summed E-state index contributed by atoms with van der Waals surface area (Å²) < 4.78 is 1.73. The van der Waals surface area contributed by atoms with Crippen molar-refractivity contribution in [3.05, 3.63) is 32.7 Å². The number of rotatable bonds is 7. The molecule has 0 saturated heterocycles. The molecule has 0 atom stereocenters. The molecule has 0 aliphatic rings. The van der Waals surface area contributed by atoms with Crippen LogP contribution in [0, 0.1) is 5.41 Å². The summed E-state index contributed by atoms with van der Waals surface area (Å²) in [6.07, 6.45) is 4.85. The summed E-state index contributed by atoms with van der Waals surface area (Å²) in [4.78, 5) is 12.2. The summed E-state index contributed by atoms with van der Waals surface area (Å²) in [5.74, 6) is -0.0262. The second-order valence-electron chi connectivity index (χ2n) is 5.93. The summed E-state index contributed by atoms with van der Waals surface area (Å²) >= 11 is 6.82. The van der Waals surface area contributed by atoms with Crippen LogP contribution in [0.15, 0.2) is 27.1 Å². The average Bonchev–Trinajstić information content (AvgIpc) is 2.39. The number of hydrogen-bond acceptors (Lipinski definition) is 1. The van der Waals surface area contributed by atoms with Gasteiger partial charge in [0.15, 0.2) is 0 Å². The van der Waals surface area contributed by atoms with Gasteiger partial charge in [0.1, 0.15) is 0 Å². The van der Waals surface area contributed by atoms with Gasteiger partial charge in [0.2, 0.25) is 0 Å². The summed E-state index contributed by atoms with van der Waals surface area (Å²) in [7, 11) is 0. The second-order valence-corrected chi connectivity index (χ2v) is 7.70. The van der Waals surface area contributed by atoms with E-state index in [1.165, 1.54) is 19.3 Å². The number of benzene rings is 1. The maximum atomic E-state index is 12.2. The zero-order chi connectivity index (χ0) is 15.2. The van der Waals surface area contributed by atoms with Crippen molar-refractivity contribution < 1.29 is 4.79 Å². The van der Waals surface area contributed by atoms with E-state index in [1.807, 2.05) is 18.2 Å². The molecule has 2 nitrogen and oxygen atoms in total. The van der Waals surface area contributed by atoms with Crippen LogP contribution in [0.1, 0.15) is 56.8 Å². The minimum atomic E-state index is -0.0262. The van der Waals surface area contributed by atoms with E-state index < -0.39 is 0 Å². The predicted octanol–water partition coefficient (Wildman–Crippen LogP) is 5.55. The lowest BCUT2D eigenvalue weighted by molar-refractivity contribution is 0.0933. The Morgan fingerprint density at radius 3 is 2.60 bits per heavy atom. The van der Waals surface area contributed by atoms with Crippen molar-refractivity contribution in [1.29, 1.82) is 0 Å². The van der Waals surface area contributed by atoms with E-state index in [-0.39, 0.29) is 11.3 Å². The molecule has 1 amide bonds. The topological polar surface area (TPSA) is 29.1 Å². The third-order valence-corrected chi connectivity index (χ3v) is 4.54. The van der Waals surface area contributed by atoms with Crippen molar-refractivity contribution in [2.24, 2.45) is 5.41 Å². The first-order valence-corrected chi connectivity index (χ1v) is 8.67. The minimum Gasteiger partial charge on any atom is -0.351 e. The highest BCUT2D eigenvalue weighted by atomic mass is 79.9. The van der Waals surface area contributed by atoms with Crippen LogP contribution in [0.5, 0.6) is 0 Å². The Labute approximate surface area is 139 Å². The summed E-state index contributed by atoms with van der Waals surface area (Å²) in [5, 5.41) is 3.04. The highest BCUT2D eigenvalue weighted by Gasteiger charge is 2.19. The summed E-state index contributed by atoms with van der Waals surface area (Å²) in [6.45, 7) is 7.33. The van der Waals surface area contributed by atoms with E-state index in [0.717, 1.165) is 15.4 Å². The molecule has 0 aliphatic heterocycles. The van der Waals surface area contributed by atoms with Crippen molar-refractivity contribution >= 4 is 37.8 Å². The van der Waals surface area contributed by atoms with Crippen LogP contribution in [0.25, 0.3) is 0 Å². The minimum absolute atomic E-state index is 0.0262. The van der Waals surface area contributed by atoms with Crippen molar-refractivity contribution in [3.8, 4) is 0 Å². The number of carbonyl (C=O) groups excluding carboxylic acids is 1. The smallest absolute Gasteiger partial charge is 0.252 e. The third-order valence-electron chi connectivity index (χ3n) is 3.36. The largest absolute Gasteiger partial charge is 0.351 e. The molecule has 112 valence electrons. The van der Waals surface area contributed by atoms with E-state index >= 15 is 0 Å². The lowest BCUT2D eigenvalue weighted by Crippen LogP contribution is -2.34. The van der Waals surface area contributed by atoms with Crippen LogP contribution in [-0.4, -0.2) is 12.5 Å². The molecule has 4 heteroatoms. The first-order chi connectivity index (χ1) is 9.35. The molecule has 0 unspecified atom stereocenters. The molecule has 0 radical (unpaired) electrons. The van der Waals surface area contributed by atoms with Gasteiger partial charge in [0, 0.05) is 15.5 Å². The average molecular weight is 405 g/mol. The van der Waals surface area contributed by atoms with Gasteiger partial charge in [0.05, 0.1) is 5.56 Å². The van der Waals surface area contributed by atoms with E-state index in [2.05, 4.69) is 57.9 Å². The van der Waals surface area contributed by atoms with Gasteiger partial charge in [-0.15, -0.1) is 0 Å². The molecule has 1 rings (SSSR count). The van der Waals surface area contributed by atoms with Crippen molar-refractivity contribution in [1.82, 2.24) is 5.32 Å². The van der Waals surface area contributed by atoms with E-state index in [9.17, 15) is 4.79 Å². The molecule has 0 aliphatic carbocycles. The molecule has 0 spiro atoms.